The molecule has 6 nitrogen and oxygen atoms in total. The smallest absolute Gasteiger partial charge is 0.305 e. The largest absolute Gasteiger partial charge is 0.481 e. The Balaban J connectivity index is 1.70. The Morgan fingerprint density at radius 2 is 2.04 bits per heavy atom. The first kappa shape index (κ1) is 18.5. The average Bonchev–Trinajstić information content (AvgIpc) is 3.06. The highest BCUT2D eigenvalue weighted by molar-refractivity contribution is 7.09. The zero-order chi connectivity index (χ0) is 18.6. The van der Waals surface area contributed by atoms with Crippen molar-refractivity contribution in [3.05, 3.63) is 51.7 Å². The second-order valence-corrected chi connectivity index (χ2v) is 7.25. The zero-order valence-corrected chi connectivity index (χ0v) is 14.9. The van der Waals surface area contributed by atoms with Gasteiger partial charge in [0.1, 0.15) is 11.5 Å². The number of benzene rings is 1. The molecule has 1 aromatic carbocycles. The molecule has 1 aliphatic rings. The lowest BCUT2D eigenvalue weighted by atomic mass is 9.86. The molecule has 26 heavy (non-hydrogen) atoms. The van der Waals surface area contributed by atoms with Crippen LogP contribution >= 0.6 is 11.3 Å². The molecule has 2 aromatic rings. The lowest BCUT2D eigenvalue weighted by molar-refractivity contribution is -0.139. The Kier molecular flexibility index (Phi) is 5.63. The molecule has 8 heteroatoms. The number of carbonyl (C=O) groups excluding carboxylic acids is 1. The van der Waals surface area contributed by atoms with E-state index in [-0.39, 0.29) is 17.9 Å². The average molecular weight is 378 g/mol. The molecule has 1 fully saturated rings. The van der Waals surface area contributed by atoms with E-state index >= 15 is 0 Å². The Bertz CT molecular complexity index is 802. The molecule has 1 saturated heterocycles. The molecule has 0 spiro atoms. The number of amides is 1. The van der Waals surface area contributed by atoms with Gasteiger partial charge >= 0.3 is 5.97 Å². The van der Waals surface area contributed by atoms with E-state index in [1.165, 1.54) is 17.4 Å². The number of halogens is 1. The molecule has 0 saturated carbocycles. The van der Waals surface area contributed by atoms with Crippen molar-refractivity contribution in [1.29, 1.82) is 0 Å². The fraction of sp³-hybridized carbons (Fsp3) is 0.389. The van der Waals surface area contributed by atoms with Crippen LogP contribution < -0.4 is 5.32 Å². The van der Waals surface area contributed by atoms with Crippen molar-refractivity contribution in [2.24, 2.45) is 0 Å². The van der Waals surface area contributed by atoms with Crippen molar-refractivity contribution in [2.75, 3.05) is 13.2 Å². The number of aliphatic carboxylic acids is 1. The van der Waals surface area contributed by atoms with E-state index in [4.69, 9.17) is 9.84 Å². The van der Waals surface area contributed by atoms with Crippen LogP contribution in [0.2, 0.25) is 0 Å². The van der Waals surface area contributed by atoms with Crippen LogP contribution in [0.5, 0.6) is 0 Å². The van der Waals surface area contributed by atoms with Crippen LogP contribution in [0.3, 0.4) is 0 Å². The Morgan fingerprint density at radius 1 is 1.31 bits per heavy atom. The van der Waals surface area contributed by atoms with Gasteiger partial charge in [-0.05, 0) is 24.5 Å². The molecule has 0 aliphatic carbocycles. The first-order valence-corrected chi connectivity index (χ1v) is 9.15. The van der Waals surface area contributed by atoms with Gasteiger partial charge in [0.05, 0.1) is 17.0 Å². The number of carbonyl (C=O) groups is 2. The molecule has 3 rings (SSSR count). The summed E-state index contributed by atoms with van der Waals surface area (Å²) in [6.45, 7) is 0.812. The standard InChI is InChI=1S/C18H19FN2O4S/c19-13-4-2-1-3-12(13)9-15-20-14(11-26-15)17(24)21-18(10-16(22)23)5-7-25-8-6-18/h1-4,11H,5-10H2,(H,21,24)(H,22,23). The van der Waals surface area contributed by atoms with Gasteiger partial charge in [0.15, 0.2) is 0 Å². The van der Waals surface area contributed by atoms with Crippen molar-refractivity contribution in [3.8, 4) is 0 Å². The lowest BCUT2D eigenvalue weighted by Crippen LogP contribution is -2.53. The predicted molar refractivity (Wildman–Crippen MR) is 93.8 cm³/mol. The molecule has 0 radical (unpaired) electrons. The van der Waals surface area contributed by atoms with E-state index in [1.54, 1.807) is 23.6 Å². The highest BCUT2D eigenvalue weighted by atomic mass is 32.1. The minimum Gasteiger partial charge on any atom is -0.481 e. The van der Waals surface area contributed by atoms with Crippen LogP contribution in [0.15, 0.2) is 29.6 Å². The van der Waals surface area contributed by atoms with Crippen LogP contribution in [0.4, 0.5) is 4.39 Å². The van der Waals surface area contributed by atoms with Crippen molar-refractivity contribution in [2.45, 2.75) is 31.2 Å². The third-order valence-electron chi connectivity index (χ3n) is 4.40. The molecule has 2 N–H and O–H groups in total. The Hall–Kier alpha value is -2.32. The topological polar surface area (TPSA) is 88.5 Å². The first-order valence-electron chi connectivity index (χ1n) is 8.27. The maximum absolute atomic E-state index is 13.8. The van der Waals surface area contributed by atoms with Gasteiger partial charge in [-0.2, -0.15) is 0 Å². The van der Waals surface area contributed by atoms with Gasteiger partial charge in [0, 0.05) is 25.0 Å². The lowest BCUT2D eigenvalue weighted by Gasteiger charge is -2.36. The van der Waals surface area contributed by atoms with Gasteiger partial charge in [-0.1, -0.05) is 18.2 Å². The van der Waals surface area contributed by atoms with Crippen molar-refractivity contribution in [1.82, 2.24) is 10.3 Å². The molecule has 138 valence electrons. The fourth-order valence-electron chi connectivity index (χ4n) is 3.00. The summed E-state index contributed by atoms with van der Waals surface area (Å²) in [7, 11) is 0. The van der Waals surface area contributed by atoms with E-state index in [2.05, 4.69) is 10.3 Å². The third kappa shape index (κ3) is 4.44. The first-order chi connectivity index (χ1) is 12.5. The van der Waals surface area contributed by atoms with Crippen LogP contribution in [-0.2, 0) is 16.0 Å². The number of nitrogens with zero attached hydrogens (tertiary/aromatic N) is 1. The van der Waals surface area contributed by atoms with Crippen molar-refractivity contribution in [3.63, 3.8) is 0 Å². The number of carboxylic acid groups (broad SMARTS) is 1. The highest BCUT2D eigenvalue weighted by Crippen LogP contribution is 2.25. The number of nitrogens with one attached hydrogen (secondary N) is 1. The monoisotopic (exact) mass is 378 g/mol. The summed E-state index contributed by atoms with van der Waals surface area (Å²) in [5.74, 6) is -1.69. The zero-order valence-electron chi connectivity index (χ0n) is 14.0. The van der Waals surface area contributed by atoms with E-state index < -0.39 is 17.4 Å². The SMILES string of the molecule is O=C(O)CC1(NC(=O)c2csc(Cc3ccccc3F)n2)CCOCC1. The van der Waals surface area contributed by atoms with Crippen LogP contribution in [0.25, 0.3) is 0 Å². The number of carboxylic acids is 1. The van der Waals surface area contributed by atoms with E-state index in [0.29, 0.717) is 43.0 Å². The Morgan fingerprint density at radius 3 is 2.73 bits per heavy atom. The van der Waals surface area contributed by atoms with Gasteiger partial charge in [0.2, 0.25) is 0 Å². The summed E-state index contributed by atoms with van der Waals surface area (Å²) in [5.41, 5.74) is -0.0885. The summed E-state index contributed by atoms with van der Waals surface area (Å²) in [5, 5.41) is 14.2. The second-order valence-electron chi connectivity index (χ2n) is 6.31. The van der Waals surface area contributed by atoms with Gasteiger partial charge in [-0.15, -0.1) is 11.3 Å². The highest BCUT2D eigenvalue weighted by Gasteiger charge is 2.37. The molecule has 1 aromatic heterocycles. The van der Waals surface area contributed by atoms with Crippen LogP contribution in [0, 0.1) is 5.82 Å². The second kappa shape index (κ2) is 7.92. The summed E-state index contributed by atoms with van der Waals surface area (Å²) in [4.78, 5) is 28.0. The van der Waals surface area contributed by atoms with Gasteiger partial charge < -0.3 is 15.2 Å². The molecular formula is C18H19FN2O4S. The van der Waals surface area contributed by atoms with Gasteiger partial charge in [-0.3, -0.25) is 9.59 Å². The minimum absolute atomic E-state index is 0.158. The summed E-state index contributed by atoms with van der Waals surface area (Å²) < 4.78 is 19.0. The van der Waals surface area contributed by atoms with E-state index in [9.17, 15) is 14.0 Å². The van der Waals surface area contributed by atoms with E-state index in [0.717, 1.165) is 0 Å². The number of thiazole rings is 1. The summed E-state index contributed by atoms with van der Waals surface area (Å²) in [6, 6.07) is 6.44. The van der Waals surface area contributed by atoms with Crippen LogP contribution in [0.1, 0.15) is 40.3 Å². The molecule has 0 bridgehead atoms. The number of hydrogen-bond donors (Lipinski definition) is 2. The van der Waals surface area contributed by atoms with Gasteiger partial charge in [0.25, 0.3) is 5.91 Å². The molecular weight excluding hydrogens is 359 g/mol. The number of aromatic nitrogens is 1. The maximum Gasteiger partial charge on any atom is 0.305 e. The predicted octanol–water partition coefficient (Wildman–Crippen LogP) is 2.63. The maximum atomic E-state index is 13.8. The quantitative estimate of drug-likeness (QED) is 0.807. The molecule has 1 aliphatic heterocycles. The summed E-state index contributed by atoms with van der Waals surface area (Å²) in [6.07, 6.45) is 1.03. The minimum atomic E-state index is -0.967. The summed E-state index contributed by atoms with van der Waals surface area (Å²) >= 11 is 1.28. The molecule has 1 amide bonds. The van der Waals surface area contributed by atoms with Gasteiger partial charge in [-0.25, -0.2) is 9.37 Å². The fourth-order valence-corrected chi connectivity index (χ4v) is 3.80. The molecule has 0 unspecified atom stereocenters. The van der Waals surface area contributed by atoms with Crippen LogP contribution in [-0.4, -0.2) is 40.7 Å². The normalized spacial score (nSPS) is 16.2. The number of hydrogen-bond acceptors (Lipinski definition) is 5. The molecule has 2 heterocycles. The van der Waals surface area contributed by atoms with E-state index in [1.807, 2.05) is 0 Å². The third-order valence-corrected chi connectivity index (χ3v) is 5.25. The molecule has 0 atom stereocenters. The van der Waals surface area contributed by atoms with Crippen molar-refractivity contribution >= 4 is 23.2 Å². The number of ether oxygens (including phenoxy) is 1. The Labute approximate surface area is 154 Å². The van der Waals surface area contributed by atoms with Crippen molar-refractivity contribution < 1.29 is 23.8 Å². The number of rotatable bonds is 6.